The number of imide groups is 1. The molecular weight excluding hydrogens is 963 g/mol. The molecule has 1 saturated heterocycles. The van der Waals surface area contributed by atoms with Gasteiger partial charge in [0.05, 0.1) is 103 Å². The maximum absolute atomic E-state index is 12.7. The molecule has 5 rings (SSSR count). The number of nitrogens with zero attached hydrogens (tertiary/aromatic N) is 4. The Balaban J connectivity index is 0.863. The highest BCUT2D eigenvalue weighted by Crippen LogP contribution is 2.40. The van der Waals surface area contributed by atoms with Crippen LogP contribution in [0.2, 0.25) is 0 Å². The molecule has 1 aromatic carbocycles. The normalized spacial score (nSPS) is 20.5. The van der Waals surface area contributed by atoms with Crippen molar-refractivity contribution in [2.75, 3.05) is 92.3 Å². The fraction of sp³-hybridized carbons (Fsp3) is 0.667. The van der Waals surface area contributed by atoms with E-state index in [1.54, 1.807) is 10.9 Å². The third-order valence-electron chi connectivity index (χ3n) is 12.0. The molecule has 3 aliphatic rings. The molecule has 3 heterocycles. The second-order valence-corrected chi connectivity index (χ2v) is 17.7. The lowest BCUT2D eigenvalue weighted by atomic mass is 9.88. The number of aliphatic carboxylic acids is 1. The fourth-order valence-electron chi connectivity index (χ4n) is 7.80. The monoisotopic (exact) mass is 1030 g/mol. The van der Waals surface area contributed by atoms with Crippen LogP contribution in [0.15, 0.2) is 42.6 Å². The second-order valence-electron chi connectivity index (χ2n) is 17.7. The number of ether oxygens (including phenoxy) is 7. The second kappa shape index (κ2) is 31.4. The van der Waals surface area contributed by atoms with E-state index in [1.807, 2.05) is 24.3 Å². The van der Waals surface area contributed by atoms with Crippen molar-refractivity contribution in [1.29, 1.82) is 0 Å². The number of carbonyl (C=O) groups is 6. The molecule has 406 valence electrons. The lowest BCUT2D eigenvalue weighted by molar-refractivity contribution is -0.310. The Kier molecular flexibility index (Phi) is 25.2. The van der Waals surface area contributed by atoms with Gasteiger partial charge in [-0.3, -0.25) is 28.9 Å². The summed E-state index contributed by atoms with van der Waals surface area (Å²) in [6, 6.07) is 6.23. The van der Waals surface area contributed by atoms with Crippen molar-refractivity contribution in [2.45, 2.75) is 113 Å². The van der Waals surface area contributed by atoms with Crippen LogP contribution in [0.4, 0.5) is 0 Å². The van der Waals surface area contributed by atoms with E-state index < -0.39 is 85.4 Å². The fourth-order valence-corrected chi connectivity index (χ4v) is 7.80. The zero-order chi connectivity index (χ0) is 52.4. The van der Waals surface area contributed by atoms with Gasteiger partial charge in [-0.2, -0.15) is 0 Å². The Labute approximate surface area is 422 Å². The molecule has 0 spiro atoms. The van der Waals surface area contributed by atoms with E-state index >= 15 is 0 Å². The quantitative estimate of drug-likeness (QED) is 0.0273. The van der Waals surface area contributed by atoms with Crippen LogP contribution in [0.25, 0.3) is 0 Å². The summed E-state index contributed by atoms with van der Waals surface area (Å²) in [4.78, 5) is 73.4. The largest absolute Gasteiger partial charge is 0.477 e. The van der Waals surface area contributed by atoms with Crippen molar-refractivity contribution in [3.8, 4) is 0 Å². The van der Waals surface area contributed by atoms with Crippen LogP contribution in [0.5, 0.6) is 0 Å². The van der Waals surface area contributed by atoms with E-state index in [0.717, 1.165) is 23.3 Å². The summed E-state index contributed by atoms with van der Waals surface area (Å²) in [5.41, 5.74) is 2.61. The van der Waals surface area contributed by atoms with Crippen LogP contribution in [-0.2, 0) is 81.5 Å². The Morgan fingerprint density at radius 2 is 1.42 bits per heavy atom. The van der Waals surface area contributed by atoms with E-state index in [1.165, 1.54) is 17.7 Å². The van der Waals surface area contributed by atoms with Gasteiger partial charge < -0.3 is 74.6 Å². The molecule has 0 unspecified atom stereocenters. The van der Waals surface area contributed by atoms with Crippen LogP contribution < -0.4 is 16.0 Å². The standard InChI is InChI=1S/C48H71N7O18/c56-31-41(61)51-44-37(57)28-48(47(65)66,73-46(44)45(64)38(58)29-50-40(60)27-33-5-7-34(8-6-33)35-9-10-35)72-18-4-2-1-3-17-71-32-36-30-54(53-52-36)16-20-68-22-24-70-26-25-69-23-21-67-19-13-39(59)49-14-15-55-42(62)11-12-43(55)63/h5-8,11-12,30,35,37-38,44-46,56-58,64H,1-4,9-10,13-29,31-32H2,(H,49,59)(H,50,60)(H,51,61)(H,65,66)/t37-,38+,44+,45+,46+,48+/m1/s1. The number of amides is 5. The zero-order valence-corrected chi connectivity index (χ0v) is 41.0. The number of nitrogens with one attached hydrogen (secondary N) is 3. The minimum absolute atomic E-state index is 0.0137. The van der Waals surface area contributed by atoms with Gasteiger partial charge in [0, 0.05) is 51.2 Å². The number of hydrogen-bond donors (Lipinski definition) is 8. The average Bonchev–Trinajstić information content (AvgIpc) is 4.05. The lowest BCUT2D eigenvalue weighted by Gasteiger charge is -2.46. The van der Waals surface area contributed by atoms with Crippen LogP contribution in [0.3, 0.4) is 0 Å². The lowest BCUT2D eigenvalue weighted by Crippen LogP contribution is -2.68. The highest BCUT2D eigenvalue weighted by Gasteiger charge is 2.55. The Morgan fingerprint density at radius 1 is 0.781 bits per heavy atom. The number of aromatic nitrogens is 3. The molecular formula is C48H71N7O18. The van der Waals surface area contributed by atoms with Crippen molar-refractivity contribution < 1.29 is 87.5 Å². The van der Waals surface area contributed by atoms with E-state index in [0.29, 0.717) is 96.7 Å². The SMILES string of the molecule is O=C(CCOCCOCCOCCOCCn1cc(COCCCCCCO[C@@]2(C(=O)O)C[C@@H](O)[C@H](NC(=O)CO)[C@@H]([C@@H](O)[C@@H](O)CNC(=O)Cc3ccc(C4CC4)cc3)O2)nn1)NCCN1C(=O)C=CC1=O. The first-order valence-corrected chi connectivity index (χ1v) is 24.7. The summed E-state index contributed by atoms with van der Waals surface area (Å²) in [6.07, 6.45) is 1.39. The third kappa shape index (κ3) is 20.5. The molecule has 0 bridgehead atoms. The molecule has 1 saturated carbocycles. The first-order valence-electron chi connectivity index (χ1n) is 24.7. The number of aliphatic hydroxyl groups excluding tert-OH is 4. The van der Waals surface area contributed by atoms with E-state index in [4.69, 9.17) is 33.2 Å². The van der Waals surface area contributed by atoms with Crippen molar-refractivity contribution in [1.82, 2.24) is 35.8 Å². The van der Waals surface area contributed by atoms with Crippen molar-refractivity contribution in [2.24, 2.45) is 0 Å². The summed E-state index contributed by atoms with van der Waals surface area (Å²) in [5.74, 6) is -5.89. The summed E-state index contributed by atoms with van der Waals surface area (Å²) in [6.45, 7) is 2.66. The number of carbonyl (C=O) groups excluding carboxylic acids is 5. The maximum Gasteiger partial charge on any atom is 0.364 e. The van der Waals surface area contributed by atoms with Crippen LogP contribution in [0, 0.1) is 0 Å². The summed E-state index contributed by atoms with van der Waals surface area (Å²) in [7, 11) is 0. The average molecular weight is 1030 g/mol. The molecule has 8 N–H and O–H groups in total. The number of carboxylic acids is 1. The van der Waals surface area contributed by atoms with Crippen LogP contribution in [-0.4, -0.2) is 209 Å². The first-order chi connectivity index (χ1) is 35.3. The molecule has 25 heteroatoms. The summed E-state index contributed by atoms with van der Waals surface area (Å²) >= 11 is 0. The number of unbranched alkanes of at least 4 members (excludes halogenated alkanes) is 3. The molecule has 1 aliphatic carbocycles. The minimum Gasteiger partial charge on any atom is -0.477 e. The van der Waals surface area contributed by atoms with Gasteiger partial charge in [-0.1, -0.05) is 42.3 Å². The van der Waals surface area contributed by atoms with Crippen molar-refractivity contribution in [3.63, 3.8) is 0 Å². The number of benzene rings is 1. The Hall–Kier alpha value is -5.32. The van der Waals surface area contributed by atoms with Gasteiger partial charge >= 0.3 is 5.97 Å². The molecule has 2 fully saturated rings. The smallest absolute Gasteiger partial charge is 0.364 e. The first kappa shape index (κ1) is 58.6. The topological polar surface area (TPSA) is 338 Å². The molecule has 5 amide bonds. The van der Waals surface area contributed by atoms with E-state index in [9.17, 15) is 54.3 Å². The van der Waals surface area contributed by atoms with Crippen molar-refractivity contribution >= 4 is 35.5 Å². The zero-order valence-electron chi connectivity index (χ0n) is 41.0. The van der Waals surface area contributed by atoms with Gasteiger partial charge in [0.1, 0.15) is 24.5 Å². The number of hydrogen-bond acceptors (Lipinski definition) is 19. The summed E-state index contributed by atoms with van der Waals surface area (Å²) in [5, 5.41) is 68.5. The predicted molar refractivity (Wildman–Crippen MR) is 253 cm³/mol. The molecule has 0 radical (unpaired) electrons. The van der Waals surface area contributed by atoms with Gasteiger partial charge in [0.2, 0.25) is 17.7 Å². The van der Waals surface area contributed by atoms with E-state index in [2.05, 4.69) is 26.3 Å². The Morgan fingerprint density at radius 3 is 2.07 bits per heavy atom. The van der Waals surface area contributed by atoms with Crippen molar-refractivity contribution in [3.05, 3.63) is 59.4 Å². The predicted octanol–water partition coefficient (Wildman–Crippen LogP) is -1.76. The van der Waals surface area contributed by atoms with Gasteiger partial charge in [0.15, 0.2) is 0 Å². The van der Waals surface area contributed by atoms with Gasteiger partial charge in [-0.05, 0) is 42.7 Å². The van der Waals surface area contributed by atoms with Gasteiger partial charge in [-0.25, -0.2) is 9.48 Å². The number of aliphatic hydroxyl groups is 4. The van der Waals surface area contributed by atoms with E-state index in [-0.39, 0.29) is 51.7 Å². The maximum atomic E-state index is 12.7. The van der Waals surface area contributed by atoms with Crippen LogP contribution in [0.1, 0.15) is 74.1 Å². The molecule has 73 heavy (non-hydrogen) atoms. The van der Waals surface area contributed by atoms with Gasteiger partial charge in [-0.15, -0.1) is 5.10 Å². The minimum atomic E-state index is -2.45. The molecule has 25 nitrogen and oxygen atoms in total. The highest BCUT2D eigenvalue weighted by atomic mass is 16.7. The third-order valence-corrected chi connectivity index (χ3v) is 12.0. The Bertz CT molecular complexity index is 2050. The molecule has 1 aromatic heterocycles. The highest BCUT2D eigenvalue weighted by molar-refractivity contribution is 6.12. The number of rotatable bonds is 38. The van der Waals surface area contributed by atoms with Gasteiger partial charge in [0.25, 0.3) is 17.6 Å². The molecule has 2 aromatic rings. The molecule has 2 aliphatic heterocycles. The van der Waals surface area contributed by atoms with Crippen LogP contribution >= 0.6 is 0 Å². The molecule has 6 atom stereocenters. The summed E-state index contributed by atoms with van der Waals surface area (Å²) < 4.78 is 40.9. The number of carboxylic acid groups (broad SMARTS) is 1.